The molecule has 15 rings (SSSR count). The topological polar surface area (TPSA) is 219 Å². The number of aliphatic hydroxyl groups is 3. The van der Waals surface area contributed by atoms with Crippen LogP contribution in [0.2, 0.25) is 15.1 Å². The number of aryl methyl sites for hydroxylation is 6. The lowest BCUT2D eigenvalue weighted by molar-refractivity contribution is 0.117. The second-order valence-corrected chi connectivity index (χ2v) is 26.5. The predicted molar refractivity (Wildman–Crippen MR) is 418 cm³/mol. The maximum Gasteiger partial charge on any atom is 0.252 e. The molecule has 3 atom stereocenters. The highest BCUT2D eigenvalue weighted by molar-refractivity contribution is 6.31. The van der Waals surface area contributed by atoms with Crippen LogP contribution in [0.5, 0.6) is 0 Å². The largest absolute Gasteiger partial charge is 0.374 e. The van der Waals surface area contributed by atoms with Crippen molar-refractivity contribution in [2.24, 2.45) is 42.3 Å². The van der Waals surface area contributed by atoms with Crippen molar-refractivity contribution in [3.05, 3.63) is 351 Å². The van der Waals surface area contributed by atoms with Gasteiger partial charge in [0.05, 0.1) is 54.7 Å². The Labute approximate surface area is 625 Å². The van der Waals surface area contributed by atoms with E-state index in [1.807, 2.05) is 112 Å². The van der Waals surface area contributed by atoms with Gasteiger partial charge in [0.25, 0.3) is 16.7 Å². The van der Waals surface area contributed by atoms with Gasteiger partial charge in [-0.25, -0.2) is 29.9 Å². The Bertz CT molecular complexity index is 5640. The Morgan fingerprint density at radius 3 is 0.830 bits per heavy atom. The van der Waals surface area contributed by atoms with E-state index in [1.165, 1.54) is 13.7 Å². The smallest absolute Gasteiger partial charge is 0.252 e. The number of pyridine rings is 6. The molecule has 9 heterocycles. The summed E-state index contributed by atoms with van der Waals surface area (Å²) < 4.78 is 9.74. The first-order chi connectivity index (χ1) is 50.5. The Morgan fingerprint density at radius 1 is 0.349 bits per heavy atom. The van der Waals surface area contributed by atoms with E-state index in [1.54, 1.807) is 182 Å². The van der Waals surface area contributed by atoms with Gasteiger partial charge in [-0.3, -0.25) is 28.1 Å². The summed E-state index contributed by atoms with van der Waals surface area (Å²) in [4.78, 5) is 64.8. The van der Waals surface area contributed by atoms with Crippen LogP contribution < -0.4 is 16.7 Å². The molecule has 0 aliphatic carbocycles. The van der Waals surface area contributed by atoms with Crippen LogP contribution in [-0.2, 0) is 59.1 Å². The number of terminal acetylenes is 3. The molecule has 0 saturated carbocycles. The molecule has 106 heavy (non-hydrogen) atoms. The van der Waals surface area contributed by atoms with Crippen molar-refractivity contribution in [1.82, 2.24) is 57.3 Å². The molecule has 0 saturated heterocycles. The zero-order valence-corrected chi connectivity index (χ0v) is 59.6. The van der Waals surface area contributed by atoms with Crippen LogP contribution >= 0.6 is 34.8 Å². The average Bonchev–Trinajstić information content (AvgIpc) is 1.09. The van der Waals surface area contributed by atoms with E-state index in [4.69, 9.17) is 54.1 Å². The molecule has 0 radical (unpaired) electrons. The van der Waals surface area contributed by atoms with Crippen LogP contribution in [0.4, 0.5) is 0 Å². The van der Waals surface area contributed by atoms with Crippen LogP contribution in [0.15, 0.2) is 253 Å². The number of fused-ring (bicyclic) bond motifs is 3. The number of halogens is 3. The number of hydrogen-bond donors (Lipinski definition) is 3. The molecule has 1 unspecified atom stereocenters. The lowest BCUT2D eigenvalue weighted by Gasteiger charge is -2.30. The van der Waals surface area contributed by atoms with Gasteiger partial charge in [-0.15, -0.1) is 19.3 Å². The fraction of sp³-hybridized carbons (Fsp3) is 0.118. The highest BCUT2D eigenvalue weighted by Gasteiger charge is 2.40. The molecule has 0 fully saturated rings. The molecule has 6 aromatic carbocycles. The summed E-state index contributed by atoms with van der Waals surface area (Å²) in [6.07, 6.45) is 31.3. The highest BCUT2D eigenvalue weighted by atomic mass is 35.5. The van der Waals surface area contributed by atoms with Crippen LogP contribution in [-0.4, -0.2) is 72.6 Å². The Hall–Kier alpha value is -12.5. The summed E-state index contributed by atoms with van der Waals surface area (Å²) in [6.45, 7) is 0. The average molecular weight is 1460 g/mol. The second-order valence-electron chi connectivity index (χ2n) is 25.1. The third-order valence-corrected chi connectivity index (χ3v) is 19.6. The monoisotopic (exact) mass is 1460 g/mol. The zero-order chi connectivity index (χ0) is 74.2. The van der Waals surface area contributed by atoms with Crippen LogP contribution in [0.3, 0.4) is 0 Å². The van der Waals surface area contributed by atoms with Crippen molar-refractivity contribution in [2.45, 2.75) is 24.2 Å². The van der Waals surface area contributed by atoms with E-state index in [-0.39, 0.29) is 24.1 Å². The van der Waals surface area contributed by atoms with Crippen LogP contribution in [0.1, 0.15) is 74.6 Å². The zero-order valence-electron chi connectivity index (χ0n) is 57.3. The van der Waals surface area contributed by atoms with Gasteiger partial charge in [0.2, 0.25) is 0 Å². The molecule has 9 aromatic heterocycles. The van der Waals surface area contributed by atoms with Crippen LogP contribution in [0, 0.1) is 37.0 Å². The number of benzene rings is 6. The van der Waals surface area contributed by atoms with Gasteiger partial charge < -0.3 is 29.0 Å². The molecule has 0 amide bonds. The lowest BCUT2D eigenvalue weighted by Crippen LogP contribution is -2.31. The van der Waals surface area contributed by atoms with Gasteiger partial charge in [-0.05, 0) is 141 Å². The molecule has 18 nitrogen and oxygen atoms in total. The minimum Gasteiger partial charge on any atom is -0.374 e. The van der Waals surface area contributed by atoms with E-state index in [2.05, 4.69) is 47.7 Å². The Kier molecular flexibility index (Phi) is 20.5. The van der Waals surface area contributed by atoms with Gasteiger partial charge in [-0.1, -0.05) is 133 Å². The summed E-state index contributed by atoms with van der Waals surface area (Å²) in [5, 5.41) is 40.6. The maximum atomic E-state index is 12.8. The molecule has 524 valence electrons. The molecular weight excluding hydrogens is 1390 g/mol. The molecule has 0 bridgehead atoms. The molecule has 21 heteroatoms. The van der Waals surface area contributed by atoms with Crippen molar-refractivity contribution in [3.63, 3.8) is 0 Å². The SMILES string of the molecule is C.C#Cc1cccc(-c2cc(=O)n(C)c3ncc(C(O)(c4ccc(Cl)cc4)c4cncn4C)cc23)c1.C#Cc1cccc(-c2cc(=O)n(C)c3ncc([C@@](O)(c4ccc(Cl)cc4)c4cncn4C)cc23)c1.C#Cc1cccc(-c2cc(=O)n(C)c3ncc([C@](O)(c4ccc(Cl)cc4)c4cncn4C)cc23)c1. The van der Waals surface area contributed by atoms with Crippen molar-refractivity contribution in [2.75, 3.05) is 0 Å². The standard InChI is InChI=1S/3C28H21ClN4O2.CH4/c3*1-4-18-6-5-7-19(12-18)23-14-26(34)33(3)27-24(23)13-21(15-31-27)28(35,25-16-30-17-32(25)2)20-8-10-22(29)11-9-20;/h3*1,5-17,35H,2-3H3;1H4/t2*28-;;/m10../s1. The molecule has 0 spiro atoms. The van der Waals surface area contributed by atoms with Crippen molar-refractivity contribution in [1.29, 1.82) is 0 Å². The summed E-state index contributed by atoms with van der Waals surface area (Å²) in [6, 6.07) is 53.6. The fourth-order valence-corrected chi connectivity index (χ4v) is 13.6. The molecule has 3 N–H and O–H groups in total. The normalized spacial score (nSPS) is 12.8. The fourth-order valence-electron chi connectivity index (χ4n) is 13.2. The highest BCUT2D eigenvalue weighted by Crippen LogP contribution is 2.43. The third kappa shape index (κ3) is 13.4. The van der Waals surface area contributed by atoms with Gasteiger partial charge in [0, 0.05) is 144 Å². The van der Waals surface area contributed by atoms with Gasteiger partial charge in [0.15, 0.2) is 16.8 Å². The maximum absolute atomic E-state index is 12.8. The lowest BCUT2D eigenvalue weighted by atomic mass is 9.83. The summed E-state index contributed by atoms with van der Waals surface area (Å²) in [5.74, 6) is 7.91. The van der Waals surface area contributed by atoms with Gasteiger partial charge in [0.1, 0.15) is 16.9 Å². The molecule has 0 aliphatic heterocycles. The van der Waals surface area contributed by atoms with E-state index in [9.17, 15) is 29.7 Å². The van der Waals surface area contributed by atoms with E-state index in [0.717, 1.165) is 16.7 Å². The number of aromatic nitrogens is 12. The Balaban J connectivity index is 0.000000148. The molecule has 0 aliphatic rings. The first kappa shape index (κ1) is 73.2. The number of imidazole rings is 3. The van der Waals surface area contributed by atoms with Crippen molar-refractivity contribution in [3.8, 4) is 70.4 Å². The second kappa shape index (κ2) is 29.7. The first-order valence-electron chi connectivity index (χ1n) is 32.6. The van der Waals surface area contributed by atoms with Gasteiger partial charge in [-0.2, -0.15) is 0 Å². The minimum absolute atomic E-state index is 0. The summed E-state index contributed by atoms with van der Waals surface area (Å²) in [5.41, 5.74) is 7.69. The third-order valence-electron chi connectivity index (χ3n) is 18.8. The first-order valence-corrected chi connectivity index (χ1v) is 33.7. The van der Waals surface area contributed by atoms with Crippen molar-refractivity contribution >= 4 is 67.9 Å². The predicted octanol–water partition coefficient (Wildman–Crippen LogP) is 13.4. The minimum atomic E-state index is -1.58. The molecular formula is C85H67Cl3N12O6. The molecule has 15 aromatic rings. The summed E-state index contributed by atoms with van der Waals surface area (Å²) >= 11 is 18.4. The van der Waals surface area contributed by atoms with E-state index >= 15 is 0 Å². The van der Waals surface area contributed by atoms with Crippen LogP contribution in [0.25, 0.3) is 66.5 Å². The quantitative estimate of drug-likeness (QED) is 0.0973. The van der Waals surface area contributed by atoms with E-state index in [0.29, 0.717) is 132 Å². The Morgan fingerprint density at radius 2 is 0.604 bits per heavy atom. The summed E-state index contributed by atoms with van der Waals surface area (Å²) in [7, 11) is 10.5. The number of nitrogens with zero attached hydrogens (tertiary/aromatic N) is 12. The number of hydrogen-bond acceptors (Lipinski definition) is 12. The van der Waals surface area contributed by atoms with Crippen molar-refractivity contribution < 1.29 is 15.3 Å². The number of rotatable bonds is 12. The van der Waals surface area contributed by atoms with E-state index < -0.39 is 16.8 Å². The van der Waals surface area contributed by atoms with Gasteiger partial charge >= 0.3 is 0 Å².